The number of nitrogens with two attached hydrogens (primary N) is 2. The molecule has 0 aromatic heterocycles. The lowest BCUT2D eigenvalue weighted by molar-refractivity contribution is -0.470. The highest BCUT2D eigenvalue weighted by Gasteiger charge is 2.97. The minimum absolute atomic E-state index is 0.0326. The molecule has 0 bridgehead atoms. The van der Waals surface area contributed by atoms with Crippen molar-refractivity contribution in [3.63, 3.8) is 0 Å². The lowest BCUT2D eigenvalue weighted by atomic mass is 9.76. The Morgan fingerprint density at radius 3 is 0.672 bits per heavy atom. The Morgan fingerprint density at radius 2 is 0.500 bits per heavy atom. The third kappa shape index (κ3) is 5.79. The van der Waals surface area contributed by atoms with E-state index in [0.717, 1.165) is 0 Å². The summed E-state index contributed by atoms with van der Waals surface area (Å²) in [6.45, 7) is 0. The molecule has 0 aliphatic heterocycles. The highest BCUT2D eigenvalue weighted by molar-refractivity contribution is 5.62. The van der Waals surface area contributed by atoms with Gasteiger partial charge in [0, 0.05) is 22.5 Å². The van der Waals surface area contributed by atoms with Crippen molar-refractivity contribution in [3.05, 3.63) is 57.6 Å². The van der Waals surface area contributed by atoms with Gasteiger partial charge in [0.2, 0.25) is 0 Å². The van der Waals surface area contributed by atoms with Gasteiger partial charge in [0.05, 0.1) is 0 Å². The third-order valence-electron chi connectivity index (χ3n) is 11.9. The molecule has 4 aliphatic carbocycles. The zero-order valence-corrected chi connectivity index (χ0v) is 29.4. The number of hydrogen-bond acceptors (Lipinski definition) is 2. The fraction of sp³-hybridized carbons (Fsp3) is 0.667. The van der Waals surface area contributed by atoms with Gasteiger partial charge < -0.3 is 11.5 Å². The smallest absolute Gasteiger partial charge is 0.385 e. The van der Waals surface area contributed by atoms with Gasteiger partial charge in [-0.1, -0.05) is 12.8 Å². The molecule has 0 amide bonds. The summed E-state index contributed by atoms with van der Waals surface area (Å²) in [6, 6.07) is 0.150. The molecule has 2 aromatic carbocycles. The van der Waals surface area contributed by atoms with Crippen LogP contribution in [-0.4, -0.2) is 47.4 Å². The summed E-state index contributed by atoms with van der Waals surface area (Å²) in [5.74, 6) is -85.9. The van der Waals surface area contributed by atoms with Crippen molar-refractivity contribution >= 4 is 11.4 Å². The van der Waals surface area contributed by atoms with E-state index in [1.54, 1.807) is 0 Å². The summed E-state index contributed by atoms with van der Waals surface area (Å²) in [7, 11) is 0. The molecule has 4 saturated carbocycles. The first kappa shape index (κ1) is 44.2. The molecule has 0 saturated heterocycles. The van der Waals surface area contributed by atoms with Crippen molar-refractivity contribution in [2.75, 3.05) is 11.5 Å². The van der Waals surface area contributed by atoms with Gasteiger partial charge in [-0.3, -0.25) is 0 Å². The van der Waals surface area contributed by atoms with E-state index >= 15 is 35.1 Å². The van der Waals surface area contributed by atoms with Crippen molar-refractivity contribution in [2.24, 2.45) is 0 Å². The molecule has 0 unspecified atom stereocenters. The number of hydrogen-bond donors (Lipinski definition) is 2. The van der Waals surface area contributed by atoms with E-state index in [9.17, 15) is 52.7 Å². The van der Waals surface area contributed by atoms with Crippen molar-refractivity contribution in [1.82, 2.24) is 0 Å². The first-order valence-electron chi connectivity index (χ1n) is 17.8. The fourth-order valence-electron chi connectivity index (χ4n) is 7.28. The van der Waals surface area contributed by atoms with Gasteiger partial charge in [0.25, 0.3) is 0 Å². The van der Waals surface area contributed by atoms with Crippen LogP contribution in [0.25, 0.3) is 0 Å². The predicted octanol–water partition coefficient (Wildman–Crippen LogP) is 13.1. The van der Waals surface area contributed by atoms with E-state index in [0.29, 0.717) is 12.8 Å². The lowest BCUT2D eigenvalue weighted by Crippen LogP contribution is -2.76. The predicted molar refractivity (Wildman–Crippen MR) is 166 cm³/mol. The summed E-state index contributed by atoms with van der Waals surface area (Å²) < 4.78 is 301. The number of nitrogen functional groups attached to an aromatic ring is 2. The molecule has 58 heavy (non-hydrogen) atoms. The lowest BCUT2D eigenvalue weighted by Gasteiger charge is -2.45. The number of anilines is 2. The van der Waals surface area contributed by atoms with Gasteiger partial charge >= 0.3 is 59.2 Å². The Kier molecular flexibility index (Phi) is 9.96. The summed E-state index contributed by atoms with van der Waals surface area (Å²) in [4.78, 5) is 0. The van der Waals surface area contributed by atoms with Crippen LogP contribution in [0.15, 0.2) is 24.3 Å². The Labute approximate surface area is 315 Å². The summed E-state index contributed by atoms with van der Waals surface area (Å²) >= 11 is 0. The van der Waals surface area contributed by atoms with E-state index in [1.165, 1.54) is 0 Å². The molecule has 0 heterocycles. The maximum atomic E-state index is 15.4. The first-order valence-corrected chi connectivity index (χ1v) is 17.8. The van der Waals surface area contributed by atoms with E-state index in [-0.39, 0.29) is 109 Å². The monoisotopic (exact) mass is 872 g/mol. The highest BCUT2D eigenvalue weighted by atomic mass is 19.4. The molecule has 0 atom stereocenters. The van der Waals surface area contributed by atoms with Gasteiger partial charge in [0.15, 0.2) is 0 Å². The van der Waals surface area contributed by atoms with E-state index in [4.69, 9.17) is 11.5 Å². The van der Waals surface area contributed by atoms with Crippen LogP contribution >= 0.6 is 0 Å². The summed E-state index contributed by atoms with van der Waals surface area (Å²) in [5, 5.41) is 0. The second-order valence-electron chi connectivity index (χ2n) is 15.7. The molecule has 0 radical (unpaired) electrons. The average Bonchev–Trinajstić information content (AvgIpc) is 3.98. The second kappa shape index (κ2) is 13.1. The number of halogens is 20. The van der Waals surface area contributed by atoms with Gasteiger partial charge in [-0.2, -0.15) is 87.8 Å². The minimum atomic E-state index is -9.10. The molecule has 4 N–H and O–H groups in total. The van der Waals surface area contributed by atoms with Crippen LogP contribution in [0.5, 0.6) is 0 Å². The summed E-state index contributed by atoms with van der Waals surface area (Å²) in [6.07, 6.45) is 2.19. The van der Waals surface area contributed by atoms with Crippen LogP contribution in [0, 0.1) is 0 Å². The Hall–Kier alpha value is -3.36. The third-order valence-corrected chi connectivity index (χ3v) is 11.9. The van der Waals surface area contributed by atoms with Crippen molar-refractivity contribution in [3.8, 4) is 0 Å². The van der Waals surface area contributed by atoms with Crippen LogP contribution in [0.3, 0.4) is 0 Å². The van der Waals surface area contributed by atoms with Crippen molar-refractivity contribution < 1.29 is 87.8 Å². The van der Waals surface area contributed by atoms with Gasteiger partial charge in [-0.05, 0) is 122 Å². The quantitative estimate of drug-likeness (QED) is 0.138. The van der Waals surface area contributed by atoms with Crippen LogP contribution in [0.4, 0.5) is 99.2 Å². The number of benzene rings is 2. The van der Waals surface area contributed by atoms with Gasteiger partial charge in [0.1, 0.15) is 0 Å². The molecule has 2 aromatic rings. The molecule has 22 heteroatoms. The maximum Gasteiger partial charge on any atom is 0.385 e. The molecule has 4 fully saturated rings. The maximum absolute atomic E-state index is 15.4. The van der Waals surface area contributed by atoms with Crippen molar-refractivity contribution in [2.45, 2.75) is 147 Å². The zero-order chi connectivity index (χ0) is 43.8. The van der Waals surface area contributed by atoms with E-state index in [1.807, 2.05) is 0 Å². The molecular formula is C36H32F20N2. The van der Waals surface area contributed by atoms with Crippen LogP contribution in [0.2, 0.25) is 0 Å². The average molecular weight is 873 g/mol. The van der Waals surface area contributed by atoms with Crippen LogP contribution in [-0.2, 0) is 11.8 Å². The van der Waals surface area contributed by atoms with E-state index in [2.05, 4.69) is 0 Å². The molecule has 6 rings (SSSR count). The molecule has 326 valence electrons. The van der Waals surface area contributed by atoms with Crippen molar-refractivity contribution in [1.29, 1.82) is 0 Å². The van der Waals surface area contributed by atoms with Crippen LogP contribution < -0.4 is 11.5 Å². The summed E-state index contributed by atoms with van der Waals surface area (Å²) in [5.41, 5.74) is 5.15. The standard InChI is InChI=1S/C36H32F20N2/c37-27(38,19-11-21(15-3-1-4-15)25(57)23(13-19)17-7-8-17)29(41,42)31(45,46)33(49,50)35(53,54)36(55,56)34(51,52)32(47,48)30(43,44)28(39,40)20-12-22(16-5-2-6-16)26(58)24(14-20)18-9-10-18/h11-18H,1-10,57-58H2. The minimum Gasteiger partial charge on any atom is -0.398 e. The second-order valence-corrected chi connectivity index (χ2v) is 15.7. The molecule has 2 nitrogen and oxygen atoms in total. The first-order chi connectivity index (χ1) is 26.2. The number of rotatable bonds is 15. The molecule has 0 spiro atoms. The van der Waals surface area contributed by atoms with E-state index < -0.39 is 94.0 Å². The fourth-order valence-corrected chi connectivity index (χ4v) is 7.28. The Balaban J connectivity index is 1.37. The topological polar surface area (TPSA) is 52.0 Å². The Morgan fingerprint density at radius 1 is 0.310 bits per heavy atom. The van der Waals surface area contributed by atoms with Gasteiger partial charge in [-0.25, -0.2) is 0 Å². The van der Waals surface area contributed by atoms with Gasteiger partial charge in [-0.15, -0.1) is 0 Å². The van der Waals surface area contributed by atoms with Crippen LogP contribution in [0.1, 0.15) is 121 Å². The SMILES string of the molecule is Nc1c(C2CCC2)cc(C(F)(F)C(F)(F)C(F)(F)C(F)(F)C(F)(F)C(F)(F)C(F)(F)C(F)(F)C(F)(F)C(F)(F)c2cc(C3CCC3)c(N)c(C3CC3)c2)cc1C1CC1. The highest BCUT2D eigenvalue weighted by Crippen LogP contribution is 2.68. The molecular weight excluding hydrogens is 840 g/mol. The number of alkyl halides is 20. The normalized spacial score (nSPS) is 20.3. The zero-order valence-electron chi connectivity index (χ0n) is 29.4. The Bertz CT molecular complexity index is 1790. The molecule has 4 aliphatic rings. The largest absolute Gasteiger partial charge is 0.398 e.